The van der Waals surface area contributed by atoms with E-state index in [1.165, 1.54) is 25.7 Å². The molecule has 0 spiro atoms. The number of carbonyl (C=O) groups excluding carboxylic acids is 2. The fourth-order valence-electron chi connectivity index (χ4n) is 2.23. The third kappa shape index (κ3) is 38.9. The fraction of sp³-hybridized carbons (Fsp3) is 0.917. The van der Waals surface area contributed by atoms with Crippen LogP contribution in [0.1, 0.15) is 119 Å². The van der Waals surface area contributed by atoms with Crippen molar-refractivity contribution < 1.29 is 19.1 Å². The van der Waals surface area contributed by atoms with Gasteiger partial charge in [-0.1, -0.05) is 39.5 Å². The average molecular weight is 521 g/mol. The van der Waals surface area contributed by atoms with E-state index in [4.69, 9.17) is 9.47 Å². The van der Waals surface area contributed by atoms with Crippen LogP contribution < -0.4 is 0 Å². The Morgan fingerprint density at radius 2 is 0.897 bits per heavy atom. The van der Waals surface area contributed by atoms with Crippen molar-refractivity contribution in [3.8, 4) is 0 Å². The van der Waals surface area contributed by atoms with Crippen molar-refractivity contribution >= 4 is 33.1 Å². The maximum atomic E-state index is 10.7. The van der Waals surface area contributed by atoms with Crippen LogP contribution in [0, 0.1) is 0 Å². The van der Waals surface area contributed by atoms with E-state index in [0.717, 1.165) is 38.5 Å². The first kappa shape index (κ1) is 33.4. The Morgan fingerprint density at radius 3 is 1.17 bits per heavy atom. The molecule has 5 heteroatoms. The van der Waals surface area contributed by atoms with Crippen molar-refractivity contribution in [3.05, 3.63) is 0 Å². The molecule has 0 rings (SSSR count). The zero-order valence-electron chi connectivity index (χ0n) is 20.4. The standard InChI is InChI=1S/2C8H16O2.2C4H9.Sn/c2*1-3-5-6-7-8(9)10-4-2;2*1-3-4-2;/h2*3-7H2,1-2H3;2*1,3-4H2,2H3;. The van der Waals surface area contributed by atoms with E-state index in [-0.39, 0.29) is 33.1 Å². The molecule has 0 aromatic carbocycles. The van der Waals surface area contributed by atoms with Crippen LogP contribution >= 0.6 is 0 Å². The number of esters is 2. The monoisotopic (exact) mass is 522 g/mol. The van der Waals surface area contributed by atoms with E-state index in [9.17, 15) is 9.59 Å². The van der Waals surface area contributed by atoms with Gasteiger partial charge in [0.25, 0.3) is 0 Å². The first-order chi connectivity index (χ1) is 14.0. The number of ether oxygens (including phenoxy) is 2. The maximum absolute atomic E-state index is 10.7. The van der Waals surface area contributed by atoms with Gasteiger partial charge in [-0.2, -0.15) is 0 Å². The van der Waals surface area contributed by atoms with Gasteiger partial charge in [0.05, 0.1) is 13.2 Å². The van der Waals surface area contributed by atoms with Gasteiger partial charge in [0.2, 0.25) is 0 Å². The van der Waals surface area contributed by atoms with E-state index in [0.29, 0.717) is 26.1 Å². The Bertz CT molecular complexity index is 292. The third-order valence-corrected chi connectivity index (χ3v) is 8.03. The summed E-state index contributed by atoms with van der Waals surface area (Å²) in [5, 5.41) is 0. The molecule has 0 aliphatic rings. The van der Waals surface area contributed by atoms with Crippen LogP contribution in [0.25, 0.3) is 0 Å². The van der Waals surface area contributed by atoms with E-state index in [2.05, 4.69) is 27.7 Å². The summed E-state index contributed by atoms with van der Waals surface area (Å²) in [6, 6.07) is 0. The van der Waals surface area contributed by atoms with Crippen LogP contribution in [0.5, 0.6) is 0 Å². The molecule has 0 N–H and O–H groups in total. The molecular weight excluding hydrogens is 471 g/mol. The van der Waals surface area contributed by atoms with Crippen molar-refractivity contribution in [1.29, 1.82) is 0 Å². The molecule has 0 heterocycles. The summed E-state index contributed by atoms with van der Waals surface area (Å²) in [6.07, 6.45) is 13.5. The zero-order valence-corrected chi connectivity index (χ0v) is 23.3. The van der Waals surface area contributed by atoms with E-state index < -0.39 is 0 Å². The number of hydrogen-bond acceptors (Lipinski definition) is 4. The molecule has 2 radical (unpaired) electrons. The molecule has 0 unspecified atom stereocenters. The molecule has 4 nitrogen and oxygen atoms in total. The number of hydrogen-bond donors (Lipinski definition) is 0. The normalized spacial score (nSPS) is 9.59. The van der Waals surface area contributed by atoms with Gasteiger partial charge in [-0.3, -0.25) is 9.59 Å². The average Bonchev–Trinajstić information content (AvgIpc) is 2.70. The van der Waals surface area contributed by atoms with Gasteiger partial charge in [0.15, 0.2) is 0 Å². The van der Waals surface area contributed by atoms with Crippen LogP contribution in [-0.4, -0.2) is 46.3 Å². The quantitative estimate of drug-likeness (QED) is 0.121. The molecular formula is C24H50O4Sn. The van der Waals surface area contributed by atoms with Crippen LogP contribution in [0.4, 0.5) is 0 Å². The zero-order chi connectivity index (χ0) is 22.6. The van der Waals surface area contributed by atoms with E-state index in [1.807, 2.05) is 13.8 Å². The number of unbranched alkanes of at least 4 members (excludes halogenated alkanes) is 6. The summed E-state index contributed by atoms with van der Waals surface area (Å²) in [5.74, 6) is -0.119. The van der Waals surface area contributed by atoms with Crippen molar-refractivity contribution in [2.75, 3.05) is 13.2 Å². The van der Waals surface area contributed by atoms with Gasteiger partial charge < -0.3 is 9.47 Å². The van der Waals surface area contributed by atoms with E-state index in [1.54, 1.807) is 8.87 Å². The predicted molar refractivity (Wildman–Crippen MR) is 127 cm³/mol. The third-order valence-electron chi connectivity index (χ3n) is 3.99. The first-order valence-corrected chi connectivity index (χ1v) is 16.1. The minimum atomic E-state index is -0.0593. The molecule has 0 amide bonds. The van der Waals surface area contributed by atoms with Crippen LogP contribution in [0.2, 0.25) is 8.87 Å². The molecule has 0 aromatic heterocycles. The Hall–Kier alpha value is -0.261. The minimum absolute atomic E-state index is 0.0593. The van der Waals surface area contributed by atoms with Crippen molar-refractivity contribution in [2.45, 2.75) is 127 Å². The van der Waals surface area contributed by atoms with Crippen molar-refractivity contribution in [3.63, 3.8) is 0 Å². The molecule has 0 saturated heterocycles. The Labute approximate surface area is 192 Å². The Kier molecular flexibility index (Phi) is 37.3. The first-order valence-electron chi connectivity index (χ1n) is 12.1. The molecule has 0 aromatic rings. The molecule has 0 aliphatic heterocycles. The van der Waals surface area contributed by atoms with Gasteiger partial charge in [-0.25, -0.2) is 0 Å². The van der Waals surface area contributed by atoms with Crippen LogP contribution in [0.15, 0.2) is 0 Å². The van der Waals surface area contributed by atoms with Gasteiger partial charge >= 0.3 is 81.5 Å². The Balaban J connectivity index is -0.000000350. The van der Waals surface area contributed by atoms with E-state index >= 15 is 0 Å². The molecule has 0 atom stereocenters. The number of carbonyl (C=O) groups is 2. The molecule has 29 heavy (non-hydrogen) atoms. The summed E-state index contributed by atoms with van der Waals surface area (Å²) in [4.78, 5) is 21.4. The summed E-state index contributed by atoms with van der Waals surface area (Å²) >= 11 is 0.149. The second-order valence-electron chi connectivity index (χ2n) is 6.98. The number of rotatable bonds is 16. The van der Waals surface area contributed by atoms with Crippen LogP contribution in [-0.2, 0) is 19.1 Å². The summed E-state index contributed by atoms with van der Waals surface area (Å²) in [7, 11) is 0. The summed E-state index contributed by atoms with van der Waals surface area (Å²) in [6.45, 7) is 13.5. The predicted octanol–water partition coefficient (Wildman–Crippen LogP) is 7.39. The Morgan fingerprint density at radius 1 is 0.552 bits per heavy atom. The van der Waals surface area contributed by atoms with Gasteiger partial charge in [-0.05, 0) is 26.7 Å². The second-order valence-corrected chi connectivity index (χ2v) is 11.3. The molecule has 0 bridgehead atoms. The van der Waals surface area contributed by atoms with Gasteiger partial charge in [0, 0.05) is 12.8 Å². The topological polar surface area (TPSA) is 52.6 Å². The van der Waals surface area contributed by atoms with Crippen molar-refractivity contribution in [2.24, 2.45) is 0 Å². The van der Waals surface area contributed by atoms with Gasteiger partial charge in [-0.15, -0.1) is 0 Å². The molecule has 0 fully saturated rings. The SMILES string of the molecule is CCCCCC(=O)OCC.CCCCCC(=O)OCC.CCC[CH2][Sn][CH2]CCC. The second kappa shape index (κ2) is 32.4. The summed E-state index contributed by atoms with van der Waals surface area (Å²) < 4.78 is 12.7. The molecule has 174 valence electrons. The molecule has 0 saturated carbocycles. The fourth-order valence-corrected chi connectivity index (χ4v) is 6.39. The molecule has 0 aliphatic carbocycles. The van der Waals surface area contributed by atoms with Crippen LogP contribution in [0.3, 0.4) is 0 Å². The van der Waals surface area contributed by atoms with Crippen molar-refractivity contribution in [1.82, 2.24) is 0 Å². The van der Waals surface area contributed by atoms with Gasteiger partial charge in [0.1, 0.15) is 0 Å². The summed E-state index contributed by atoms with van der Waals surface area (Å²) in [5.41, 5.74) is 0.